The number of hydrogen-bond donors (Lipinski definition) is 1. The van der Waals surface area contributed by atoms with Gasteiger partial charge in [0, 0.05) is 29.7 Å². The fraction of sp³-hybridized carbons (Fsp3) is 0.286. The number of aliphatic imine (C=N–C) groups is 1. The number of hydrogen-bond acceptors (Lipinski definition) is 5. The molecule has 0 radical (unpaired) electrons. The third-order valence-electron chi connectivity index (χ3n) is 6.10. The number of nitrogens with zero attached hydrogens (tertiary/aromatic N) is 2. The van der Waals surface area contributed by atoms with Crippen LogP contribution >= 0.6 is 11.8 Å². The third-order valence-corrected chi connectivity index (χ3v) is 7.25. The summed E-state index contributed by atoms with van der Waals surface area (Å²) in [5.74, 6) is 0.992. The van der Waals surface area contributed by atoms with E-state index in [1.807, 2.05) is 63.2 Å². The highest BCUT2D eigenvalue weighted by molar-refractivity contribution is 7.99. The molecular weight excluding hydrogens is 461 g/mol. The zero-order chi connectivity index (χ0) is 25.2. The zero-order valence-corrected chi connectivity index (χ0v) is 21.2. The van der Waals surface area contributed by atoms with Gasteiger partial charge < -0.3 is 10.5 Å². The molecule has 5 rings (SSSR count). The van der Waals surface area contributed by atoms with Crippen molar-refractivity contribution in [3.63, 3.8) is 0 Å². The quantitative estimate of drug-likeness (QED) is 0.472. The molecule has 0 saturated carbocycles. The molecule has 0 fully saturated rings. The number of likely N-dealkylation sites (N-methyl/N-ethyl adjacent to an activating group) is 1. The molecule has 2 aliphatic rings. The molecule has 2 aliphatic heterocycles. The van der Waals surface area contributed by atoms with Crippen molar-refractivity contribution >= 4 is 23.6 Å². The molecule has 1 amide bonds. The van der Waals surface area contributed by atoms with E-state index in [9.17, 15) is 9.18 Å². The van der Waals surface area contributed by atoms with Crippen LogP contribution in [0.15, 0.2) is 76.6 Å². The number of fused-ring (bicyclic) bond motifs is 2. The Bertz CT molecular complexity index is 1240. The Kier molecular flexibility index (Phi) is 7.17. The molecule has 1 unspecified atom stereocenters. The number of carbonyl (C=O) groups excluding carboxylic acids is 1. The maximum absolute atomic E-state index is 14.1. The van der Waals surface area contributed by atoms with Crippen LogP contribution < -0.4 is 10.5 Å². The first-order chi connectivity index (χ1) is 16.9. The van der Waals surface area contributed by atoms with Crippen molar-refractivity contribution < 1.29 is 13.9 Å². The summed E-state index contributed by atoms with van der Waals surface area (Å²) >= 11 is 1.68. The van der Waals surface area contributed by atoms with Crippen LogP contribution in [0.5, 0.6) is 5.75 Å². The molecule has 2 heterocycles. The van der Waals surface area contributed by atoms with E-state index in [4.69, 9.17) is 10.5 Å². The van der Waals surface area contributed by atoms with Crippen LogP contribution in [-0.2, 0) is 10.3 Å². The summed E-state index contributed by atoms with van der Waals surface area (Å²) in [7, 11) is 1.64. The monoisotopic (exact) mass is 491 g/mol. The summed E-state index contributed by atoms with van der Waals surface area (Å²) < 4.78 is 20.4. The van der Waals surface area contributed by atoms with Crippen molar-refractivity contribution in [2.45, 2.75) is 43.7 Å². The van der Waals surface area contributed by atoms with E-state index >= 15 is 0 Å². The number of aryl methyl sites for hydroxylation is 1. The van der Waals surface area contributed by atoms with Gasteiger partial charge in [-0.15, -0.1) is 11.8 Å². The number of carbonyl (C=O) groups is 1. The predicted molar refractivity (Wildman–Crippen MR) is 140 cm³/mol. The number of guanidine groups is 1. The van der Waals surface area contributed by atoms with Gasteiger partial charge in [-0.25, -0.2) is 9.38 Å². The molecule has 182 valence electrons. The minimum Gasteiger partial charge on any atom is -0.489 e. The maximum Gasteiger partial charge on any atom is 0.261 e. The lowest BCUT2D eigenvalue weighted by atomic mass is 9.81. The first-order valence-corrected chi connectivity index (χ1v) is 12.7. The van der Waals surface area contributed by atoms with Gasteiger partial charge in [0.05, 0.1) is 0 Å². The van der Waals surface area contributed by atoms with Crippen molar-refractivity contribution in [3.05, 3.63) is 83.7 Å². The topological polar surface area (TPSA) is 67.9 Å². The minimum atomic E-state index is -1.15. The van der Waals surface area contributed by atoms with Crippen molar-refractivity contribution in [2.24, 2.45) is 10.7 Å². The summed E-state index contributed by atoms with van der Waals surface area (Å²) in [4.78, 5) is 20.6. The normalized spacial score (nSPS) is 20.6. The van der Waals surface area contributed by atoms with E-state index in [2.05, 4.69) is 17.1 Å². The zero-order valence-electron chi connectivity index (χ0n) is 20.4. The molecule has 7 heteroatoms. The number of rotatable bonds is 4. The average Bonchev–Trinajstić information content (AvgIpc) is 3.07. The fourth-order valence-electron chi connectivity index (χ4n) is 4.51. The summed E-state index contributed by atoms with van der Waals surface area (Å²) in [6.07, 6.45) is 0.159. The van der Waals surface area contributed by atoms with E-state index in [0.717, 1.165) is 21.6 Å². The number of amides is 1. The lowest BCUT2D eigenvalue weighted by molar-refractivity contribution is -0.132. The molecule has 35 heavy (non-hydrogen) atoms. The highest BCUT2D eigenvalue weighted by Crippen LogP contribution is 2.47. The molecule has 3 aromatic rings. The molecule has 5 nitrogen and oxygen atoms in total. The van der Waals surface area contributed by atoms with Crippen LogP contribution in [0.4, 0.5) is 4.39 Å². The minimum absolute atomic E-state index is 0.174. The standard InChI is InChI=1S/C26H24FN3O2S.C2H6/c1-16-10-18(12-19(27)11-16)17-8-9-23-22(13-17)26(24(31)30(2)25(28)29-26)14-20(32-23)15-33-21-6-4-3-5-7-21;1-2/h3-13,20H,14-15H2,1-2H3,(H2,28,29);1-2H3/t20?,26-;/m1./s1. The lowest BCUT2D eigenvalue weighted by Gasteiger charge is -2.36. The summed E-state index contributed by atoms with van der Waals surface area (Å²) in [6.45, 7) is 5.85. The van der Waals surface area contributed by atoms with Crippen LogP contribution in [0.2, 0.25) is 0 Å². The number of nitrogens with two attached hydrogens (primary N) is 1. The SMILES string of the molecule is CC.Cc1cc(F)cc(-c2ccc3c(c2)[C@@]2(CC(CSc4ccccc4)O3)N=C(N)N(C)C2=O)c1. The predicted octanol–water partition coefficient (Wildman–Crippen LogP) is 5.75. The maximum atomic E-state index is 14.1. The Morgan fingerprint density at radius 2 is 1.86 bits per heavy atom. The summed E-state index contributed by atoms with van der Waals surface area (Å²) in [6, 6.07) is 20.6. The lowest BCUT2D eigenvalue weighted by Crippen LogP contribution is -2.46. The van der Waals surface area contributed by atoms with Crippen LogP contribution in [0.3, 0.4) is 0 Å². The van der Waals surface area contributed by atoms with Crippen LogP contribution in [-0.4, -0.2) is 35.7 Å². The average molecular weight is 492 g/mol. The number of halogens is 1. The van der Waals surface area contributed by atoms with E-state index in [-0.39, 0.29) is 23.8 Å². The number of benzene rings is 3. The first-order valence-electron chi connectivity index (χ1n) is 11.8. The van der Waals surface area contributed by atoms with Crippen LogP contribution in [0.1, 0.15) is 31.4 Å². The van der Waals surface area contributed by atoms with Crippen LogP contribution in [0.25, 0.3) is 11.1 Å². The molecular formula is C28H30FN3O2S. The van der Waals surface area contributed by atoms with Gasteiger partial charge in [0.15, 0.2) is 11.5 Å². The Labute approximate surface area is 210 Å². The van der Waals surface area contributed by atoms with Gasteiger partial charge in [-0.1, -0.05) is 44.2 Å². The molecule has 0 bridgehead atoms. The molecule has 2 atom stereocenters. The fourth-order valence-corrected chi connectivity index (χ4v) is 5.42. The van der Waals surface area contributed by atoms with E-state index in [1.54, 1.807) is 18.8 Å². The van der Waals surface area contributed by atoms with E-state index in [1.165, 1.54) is 17.0 Å². The first kappa shape index (κ1) is 24.8. The molecule has 0 saturated heterocycles. The smallest absolute Gasteiger partial charge is 0.261 e. The van der Waals surface area contributed by atoms with Gasteiger partial charge in [-0.2, -0.15) is 0 Å². The summed E-state index contributed by atoms with van der Waals surface area (Å²) in [5, 5.41) is 0. The third kappa shape index (κ3) is 4.78. The van der Waals surface area contributed by atoms with Gasteiger partial charge in [0.1, 0.15) is 17.7 Å². The van der Waals surface area contributed by atoms with Gasteiger partial charge in [0.25, 0.3) is 5.91 Å². The Morgan fingerprint density at radius 1 is 1.11 bits per heavy atom. The Hall–Kier alpha value is -3.32. The van der Waals surface area contributed by atoms with Gasteiger partial charge in [-0.3, -0.25) is 9.69 Å². The van der Waals surface area contributed by atoms with Crippen molar-refractivity contribution in [1.29, 1.82) is 0 Å². The number of ether oxygens (including phenoxy) is 1. The largest absolute Gasteiger partial charge is 0.489 e. The molecule has 1 spiro atoms. The molecule has 0 aliphatic carbocycles. The van der Waals surface area contributed by atoms with Gasteiger partial charge >= 0.3 is 0 Å². The second kappa shape index (κ2) is 10.1. The van der Waals surface area contributed by atoms with E-state index in [0.29, 0.717) is 23.5 Å². The van der Waals surface area contributed by atoms with Gasteiger partial charge in [-0.05, 0) is 60.0 Å². The van der Waals surface area contributed by atoms with Gasteiger partial charge in [0.2, 0.25) is 0 Å². The molecule has 3 aromatic carbocycles. The van der Waals surface area contributed by atoms with Crippen molar-refractivity contribution in [3.8, 4) is 16.9 Å². The summed E-state index contributed by atoms with van der Waals surface area (Å²) in [5.41, 5.74) is 7.97. The van der Waals surface area contributed by atoms with E-state index < -0.39 is 5.54 Å². The highest BCUT2D eigenvalue weighted by Gasteiger charge is 2.53. The Morgan fingerprint density at radius 3 is 2.51 bits per heavy atom. The highest BCUT2D eigenvalue weighted by atomic mass is 32.2. The molecule has 0 aromatic heterocycles. The molecule has 2 N–H and O–H groups in total. The second-order valence-corrected chi connectivity index (χ2v) is 9.58. The van der Waals surface area contributed by atoms with Crippen LogP contribution in [0, 0.1) is 12.7 Å². The number of thioether (sulfide) groups is 1. The van der Waals surface area contributed by atoms with Crippen molar-refractivity contribution in [1.82, 2.24) is 4.90 Å². The Balaban J connectivity index is 0.00000141. The second-order valence-electron chi connectivity index (χ2n) is 8.49. The van der Waals surface area contributed by atoms with Crippen molar-refractivity contribution in [2.75, 3.05) is 12.8 Å².